The molecule has 1 saturated carbocycles. The summed E-state index contributed by atoms with van der Waals surface area (Å²) in [6, 6.07) is 5.87. The second-order valence-electron chi connectivity index (χ2n) is 6.06. The molecule has 1 aromatic carbocycles. The van der Waals surface area contributed by atoms with Crippen molar-refractivity contribution in [3.05, 3.63) is 34.3 Å². The standard InChI is InChI=1S/C17H25ClN2O/c1-2-3-12-4-8-15(9-5-12)20-11-14-7-6-13(17(19)21)10-16(14)18/h6-7,10,12,15,20H,2-5,8-9,11H2,1H3,(H2,19,21). The lowest BCUT2D eigenvalue weighted by Gasteiger charge is -2.29. The van der Waals surface area contributed by atoms with Gasteiger partial charge in [-0.2, -0.15) is 0 Å². The lowest BCUT2D eigenvalue weighted by Crippen LogP contribution is -2.32. The fourth-order valence-electron chi connectivity index (χ4n) is 3.16. The van der Waals surface area contributed by atoms with Crippen molar-refractivity contribution in [2.24, 2.45) is 11.7 Å². The monoisotopic (exact) mass is 308 g/mol. The molecule has 1 fully saturated rings. The minimum Gasteiger partial charge on any atom is -0.366 e. The van der Waals surface area contributed by atoms with Crippen LogP contribution in [0.5, 0.6) is 0 Å². The van der Waals surface area contributed by atoms with Gasteiger partial charge in [-0.3, -0.25) is 4.79 Å². The summed E-state index contributed by atoms with van der Waals surface area (Å²) in [5.74, 6) is 0.483. The van der Waals surface area contributed by atoms with E-state index < -0.39 is 5.91 Å². The average molecular weight is 309 g/mol. The van der Waals surface area contributed by atoms with Gasteiger partial charge in [0.15, 0.2) is 0 Å². The van der Waals surface area contributed by atoms with E-state index in [4.69, 9.17) is 17.3 Å². The highest BCUT2D eigenvalue weighted by molar-refractivity contribution is 6.31. The van der Waals surface area contributed by atoms with Crippen LogP contribution in [0.1, 0.15) is 61.4 Å². The van der Waals surface area contributed by atoms with Crippen LogP contribution in [-0.2, 0) is 6.54 Å². The van der Waals surface area contributed by atoms with Crippen molar-refractivity contribution in [2.45, 2.75) is 58.0 Å². The molecule has 21 heavy (non-hydrogen) atoms. The summed E-state index contributed by atoms with van der Waals surface area (Å²) in [6.45, 7) is 3.02. The lowest BCUT2D eigenvalue weighted by atomic mass is 9.83. The van der Waals surface area contributed by atoms with Gasteiger partial charge in [-0.15, -0.1) is 0 Å². The number of carbonyl (C=O) groups excluding carboxylic acids is 1. The predicted molar refractivity (Wildman–Crippen MR) is 87.5 cm³/mol. The van der Waals surface area contributed by atoms with Gasteiger partial charge in [-0.25, -0.2) is 0 Å². The summed E-state index contributed by atoms with van der Waals surface area (Å²) in [5, 5.41) is 4.20. The fourth-order valence-corrected chi connectivity index (χ4v) is 3.41. The Morgan fingerprint density at radius 3 is 2.62 bits per heavy atom. The van der Waals surface area contributed by atoms with Gasteiger partial charge in [0.1, 0.15) is 0 Å². The molecule has 3 N–H and O–H groups in total. The maximum atomic E-state index is 11.1. The Kier molecular flexibility index (Phi) is 6.07. The molecular weight excluding hydrogens is 284 g/mol. The Hall–Kier alpha value is -1.06. The van der Waals surface area contributed by atoms with Crippen LogP contribution in [0.2, 0.25) is 5.02 Å². The molecule has 3 nitrogen and oxygen atoms in total. The Balaban J connectivity index is 1.82. The zero-order valence-corrected chi connectivity index (χ0v) is 13.5. The van der Waals surface area contributed by atoms with Crippen LogP contribution in [0.25, 0.3) is 0 Å². The number of hydrogen-bond donors (Lipinski definition) is 2. The highest BCUT2D eigenvalue weighted by atomic mass is 35.5. The number of primary amides is 1. The smallest absolute Gasteiger partial charge is 0.248 e. The molecule has 1 aliphatic carbocycles. The van der Waals surface area contributed by atoms with Gasteiger partial charge in [-0.05, 0) is 49.3 Å². The second kappa shape index (κ2) is 7.81. The molecule has 1 aromatic rings. The highest BCUT2D eigenvalue weighted by Crippen LogP contribution is 2.28. The van der Waals surface area contributed by atoms with Crippen molar-refractivity contribution in [3.8, 4) is 0 Å². The molecule has 0 aromatic heterocycles. The van der Waals surface area contributed by atoms with E-state index in [1.807, 2.05) is 6.07 Å². The third-order valence-electron chi connectivity index (χ3n) is 4.46. The van der Waals surface area contributed by atoms with Crippen molar-refractivity contribution in [2.75, 3.05) is 0 Å². The van der Waals surface area contributed by atoms with E-state index >= 15 is 0 Å². The van der Waals surface area contributed by atoms with Crippen LogP contribution in [0.15, 0.2) is 18.2 Å². The van der Waals surface area contributed by atoms with E-state index in [1.54, 1.807) is 12.1 Å². The van der Waals surface area contributed by atoms with E-state index in [0.717, 1.165) is 18.0 Å². The first-order valence-electron chi connectivity index (χ1n) is 7.91. The molecule has 0 saturated heterocycles. The Morgan fingerprint density at radius 2 is 2.05 bits per heavy atom. The molecule has 0 spiro atoms. The van der Waals surface area contributed by atoms with Gasteiger partial charge >= 0.3 is 0 Å². The van der Waals surface area contributed by atoms with Crippen LogP contribution < -0.4 is 11.1 Å². The van der Waals surface area contributed by atoms with Crippen molar-refractivity contribution < 1.29 is 4.79 Å². The molecule has 116 valence electrons. The number of nitrogens with one attached hydrogen (secondary N) is 1. The number of benzene rings is 1. The number of carbonyl (C=O) groups is 1. The number of hydrogen-bond acceptors (Lipinski definition) is 2. The van der Waals surface area contributed by atoms with Crippen LogP contribution in [-0.4, -0.2) is 11.9 Å². The van der Waals surface area contributed by atoms with Crippen LogP contribution in [0, 0.1) is 5.92 Å². The molecule has 0 unspecified atom stereocenters. The number of amides is 1. The summed E-state index contributed by atoms with van der Waals surface area (Å²) in [7, 11) is 0. The SMILES string of the molecule is CCCC1CCC(NCc2ccc(C(N)=O)cc2Cl)CC1. The van der Waals surface area contributed by atoms with Gasteiger partial charge < -0.3 is 11.1 Å². The number of halogens is 1. The minimum atomic E-state index is -0.439. The van der Waals surface area contributed by atoms with Crippen LogP contribution in [0.3, 0.4) is 0 Å². The fraction of sp³-hybridized carbons (Fsp3) is 0.588. The third kappa shape index (κ3) is 4.72. The van der Waals surface area contributed by atoms with Crippen molar-refractivity contribution in [1.82, 2.24) is 5.32 Å². The molecule has 0 bridgehead atoms. The highest BCUT2D eigenvalue weighted by Gasteiger charge is 2.20. The summed E-state index contributed by atoms with van der Waals surface area (Å²) >= 11 is 6.21. The Labute approximate surface area is 132 Å². The van der Waals surface area contributed by atoms with E-state index in [9.17, 15) is 4.79 Å². The zero-order valence-electron chi connectivity index (χ0n) is 12.7. The topological polar surface area (TPSA) is 55.1 Å². The largest absolute Gasteiger partial charge is 0.366 e. The molecule has 0 atom stereocenters. The normalized spacial score (nSPS) is 22.2. The third-order valence-corrected chi connectivity index (χ3v) is 4.81. The van der Waals surface area contributed by atoms with Gasteiger partial charge in [0, 0.05) is 23.2 Å². The molecule has 0 radical (unpaired) electrons. The quantitative estimate of drug-likeness (QED) is 0.837. The number of nitrogens with two attached hydrogens (primary N) is 1. The van der Waals surface area contributed by atoms with Gasteiger partial charge in [0.25, 0.3) is 0 Å². The summed E-state index contributed by atoms with van der Waals surface area (Å²) in [6.07, 6.45) is 7.83. The molecule has 1 amide bonds. The Bertz CT molecular complexity index is 482. The predicted octanol–water partition coefficient (Wildman–Crippen LogP) is 3.89. The molecular formula is C17H25ClN2O. The van der Waals surface area contributed by atoms with Crippen molar-refractivity contribution in [3.63, 3.8) is 0 Å². The Morgan fingerprint density at radius 1 is 1.33 bits per heavy atom. The van der Waals surface area contributed by atoms with Gasteiger partial charge in [-0.1, -0.05) is 37.4 Å². The van der Waals surface area contributed by atoms with Crippen LogP contribution >= 0.6 is 11.6 Å². The molecule has 0 aliphatic heterocycles. The maximum absolute atomic E-state index is 11.1. The molecule has 4 heteroatoms. The van der Waals surface area contributed by atoms with Gasteiger partial charge in [0.05, 0.1) is 0 Å². The second-order valence-corrected chi connectivity index (χ2v) is 6.46. The minimum absolute atomic E-state index is 0.439. The summed E-state index contributed by atoms with van der Waals surface area (Å²) < 4.78 is 0. The van der Waals surface area contributed by atoms with Crippen molar-refractivity contribution in [1.29, 1.82) is 0 Å². The van der Waals surface area contributed by atoms with E-state index in [0.29, 0.717) is 16.6 Å². The molecule has 0 heterocycles. The zero-order chi connectivity index (χ0) is 15.2. The lowest BCUT2D eigenvalue weighted by molar-refractivity contribution is 0.100. The van der Waals surface area contributed by atoms with E-state index in [2.05, 4.69) is 12.2 Å². The first kappa shape index (κ1) is 16.3. The maximum Gasteiger partial charge on any atom is 0.248 e. The van der Waals surface area contributed by atoms with Crippen LogP contribution in [0.4, 0.5) is 0 Å². The first-order valence-corrected chi connectivity index (χ1v) is 8.29. The average Bonchev–Trinajstić information content (AvgIpc) is 2.47. The van der Waals surface area contributed by atoms with Gasteiger partial charge in [0.2, 0.25) is 5.91 Å². The summed E-state index contributed by atoms with van der Waals surface area (Å²) in [5.41, 5.74) is 6.74. The first-order chi connectivity index (χ1) is 10.1. The molecule has 2 rings (SSSR count). The van der Waals surface area contributed by atoms with E-state index in [-0.39, 0.29) is 0 Å². The molecule has 1 aliphatic rings. The number of rotatable bonds is 6. The summed E-state index contributed by atoms with van der Waals surface area (Å²) in [4.78, 5) is 11.1. The van der Waals surface area contributed by atoms with E-state index in [1.165, 1.54) is 38.5 Å². The van der Waals surface area contributed by atoms with Crippen molar-refractivity contribution >= 4 is 17.5 Å².